The van der Waals surface area contributed by atoms with Crippen LogP contribution in [0.5, 0.6) is 0 Å². The van der Waals surface area contributed by atoms with Crippen LogP contribution in [0.15, 0.2) is 64.1 Å². The number of non-ortho nitro benzene ring substituents is 1. The van der Waals surface area contributed by atoms with E-state index in [1.54, 1.807) is 16.9 Å². The number of nitrogens with zero attached hydrogens (tertiary/aromatic N) is 4. The SMILES string of the molecule is O=C(Nc1nn(Cc2ccccc2Cl)cc1Br)C1CCN(S(=O)(=O)c2ccc([N+](=O)[O-])cc2)CC1. The molecule has 0 bridgehead atoms. The topological polar surface area (TPSA) is 127 Å². The number of hydrogen-bond donors (Lipinski definition) is 1. The lowest BCUT2D eigenvalue weighted by Crippen LogP contribution is -2.41. The Kier molecular flexibility index (Phi) is 7.55. The average Bonchev–Trinajstić information content (AvgIpc) is 3.19. The lowest BCUT2D eigenvalue weighted by atomic mass is 9.97. The summed E-state index contributed by atoms with van der Waals surface area (Å²) in [5, 5.41) is 18.7. The van der Waals surface area contributed by atoms with Crippen molar-refractivity contribution in [3.63, 3.8) is 0 Å². The van der Waals surface area contributed by atoms with Crippen LogP contribution in [0, 0.1) is 16.0 Å². The zero-order valence-electron chi connectivity index (χ0n) is 18.3. The highest BCUT2D eigenvalue weighted by Crippen LogP contribution is 2.28. The van der Waals surface area contributed by atoms with Gasteiger partial charge in [-0.2, -0.15) is 9.40 Å². The Balaban J connectivity index is 1.36. The first-order valence-electron chi connectivity index (χ1n) is 10.7. The average molecular weight is 583 g/mol. The van der Waals surface area contributed by atoms with Gasteiger partial charge in [-0.25, -0.2) is 8.42 Å². The molecule has 2 aromatic carbocycles. The van der Waals surface area contributed by atoms with E-state index in [2.05, 4.69) is 26.3 Å². The fourth-order valence-corrected chi connectivity index (χ4v) is 5.91. The highest BCUT2D eigenvalue weighted by molar-refractivity contribution is 9.10. The van der Waals surface area contributed by atoms with Gasteiger partial charge in [0.05, 0.1) is 20.8 Å². The fraction of sp³-hybridized carbons (Fsp3) is 0.273. The van der Waals surface area contributed by atoms with Crippen LogP contribution in [0.2, 0.25) is 5.02 Å². The van der Waals surface area contributed by atoms with Crippen molar-refractivity contribution in [1.82, 2.24) is 14.1 Å². The van der Waals surface area contributed by atoms with Crippen molar-refractivity contribution in [1.29, 1.82) is 0 Å². The largest absolute Gasteiger partial charge is 0.308 e. The number of anilines is 1. The Hall–Kier alpha value is -2.80. The number of aromatic nitrogens is 2. The van der Waals surface area contributed by atoms with E-state index in [1.165, 1.54) is 16.4 Å². The Morgan fingerprint density at radius 3 is 2.46 bits per heavy atom. The van der Waals surface area contributed by atoms with E-state index in [0.717, 1.165) is 17.7 Å². The quantitative estimate of drug-likeness (QED) is 0.327. The molecule has 1 aromatic heterocycles. The van der Waals surface area contributed by atoms with E-state index >= 15 is 0 Å². The summed E-state index contributed by atoms with van der Waals surface area (Å²) in [7, 11) is -3.80. The van der Waals surface area contributed by atoms with Crippen LogP contribution in [0.25, 0.3) is 0 Å². The predicted molar refractivity (Wildman–Crippen MR) is 134 cm³/mol. The van der Waals surface area contributed by atoms with Crippen LogP contribution in [0.1, 0.15) is 18.4 Å². The summed E-state index contributed by atoms with van der Waals surface area (Å²) in [5.74, 6) is -0.233. The lowest BCUT2D eigenvalue weighted by Gasteiger charge is -2.30. The number of halogens is 2. The summed E-state index contributed by atoms with van der Waals surface area (Å²) in [4.78, 5) is 23.0. The van der Waals surface area contributed by atoms with Crippen LogP contribution >= 0.6 is 27.5 Å². The van der Waals surface area contributed by atoms with Crippen molar-refractivity contribution in [3.05, 3.63) is 79.9 Å². The van der Waals surface area contributed by atoms with Crippen LogP contribution in [0.3, 0.4) is 0 Å². The smallest absolute Gasteiger partial charge is 0.269 e. The van der Waals surface area contributed by atoms with E-state index in [1.807, 2.05) is 18.2 Å². The molecule has 0 unspecified atom stereocenters. The van der Waals surface area contributed by atoms with Crippen molar-refractivity contribution in [3.8, 4) is 0 Å². The van der Waals surface area contributed by atoms with Gasteiger partial charge in [-0.05, 0) is 52.5 Å². The van der Waals surface area contributed by atoms with Gasteiger partial charge in [0.2, 0.25) is 15.9 Å². The lowest BCUT2D eigenvalue weighted by molar-refractivity contribution is -0.384. The molecule has 184 valence electrons. The molecule has 0 radical (unpaired) electrons. The number of hydrogen-bond acceptors (Lipinski definition) is 6. The number of rotatable bonds is 7. The number of carbonyl (C=O) groups excluding carboxylic acids is 1. The molecule has 0 atom stereocenters. The van der Waals surface area contributed by atoms with Gasteiger partial charge in [-0.15, -0.1) is 0 Å². The zero-order chi connectivity index (χ0) is 25.2. The molecule has 35 heavy (non-hydrogen) atoms. The molecule has 1 amide bonds. The molecule has 0 aliphatic carbocycles. The molecule has 1 N–H and O–H groups in total. The van der Waals surface area contributed by atoms with E-state index in [4.69, 9.17) is 11.6 Å². The zero-order valence-corrected chi connectivity index (χ0v) is 21.5. The first-order chi connectivity index (χ1) is 16.6. The van der Waals surface area contributed by atoms with Crippen LogP contribution < -0.4 is 5.32 Å². The van der Waals surface area contributed by atoms with Gasteiger partial charge < -0.3 is 5.32 Å². The number of piperidine rings is 1. The van der Waals surface area contributed by atoms with Gasteiger partial charge >= 0.3 is 0 Å². The standard InChI is InChI=1S/C22H21BrClN5O5S/c23-19-14-27(13-16-3-1-2-4-20(16)24)26-21(19)25-22(30)15-9-11-28(12-10-15)35(33,34)18-7-5-17(6-8-18)29(31)32/h1-8,14-15H,9-13H2,(H,25,26,30). The monoisotopic (exact) mass is 581 g/mol. The molecule has 4 rings (SSSR count). The van der Waals surface area contributed by atoms with Crippen molar-refractivity contribution in [2.45, 2.75) is 24.3 Å². The van der Waals surface area contributed by atoms with Crippen LogP contribution in [-0.4, -0.2) is 46.4 Å². The minimum absolute atomic E-state index is 0.0148. The maximum Gasteiger partial charge on any atom is 0.269 e. The van der Waals surface area contributed by atoms with Gasteiger partial charge in [0.15, 0.2) is 5.82 Å². The van der Waals surface area contributed by atoms with Gasteiger partial charge in [0.1, 0.15) is 0 Å². The van der Waals surface area contributed by atoms with Gasteiger partial charge in [-0.3, -0.25) is 19.6 Å². The number of sulfonamides is 1. The second kappa shape index (κ2) is 10.4. The molecular formula is C22H21BrClN5O5S. The second-order valence-corrected chi connectivity index (χ2v) is 11.2. The number of amides is 1. The van der Waals surface area contributed by atoms with Crippen molar-refractivity contribution in [2.75, 3.05) is 18.4 Å². The summed E-state index contributed by atoms with van der Waals surface area (Å²) >= 11 is 9.63. The maximum atomic E-state index is 12.9. The minimum Gasteiger partial charge on any atom is -0.308 e. The van der Waals surface area contributed by atoms with Gasteiger partial charge in [-0.1, -0.05) is 29.8 Å². The number of nitro benzene ring substituents is 1. The Morgan fingerprint density at radius 2 is 1.83 bits per heavy atom. The van der Waals surface area contributed by atoms with Crippen LogP contribution in [-0.2, 0) is 21.4 Å². The predicted octanol–water partition coefficient (Wildman–Crippen LogP) is 4.29. The molecule has 1 fully saturated rings. The molecule has 0 spiro atoms. The minimum atomic E-state index is -3.80. The van der Waals surface area contributed by atoms with E-state index < -0.39 is 14.9 Å². The molecule has 0 saturated carbocycles. The Morgan fingerprint density at radius 1 is 1.17 bits per heavy atom. The van der Waals surface area contributed by atoms with Crippen molar-refractivity contribution in [2.24, 2.45) is 5.92 Å². The molecule has 1 aliphatic rings. The molecule has 2 heterocycles. The maximum absolute atomic E-state index is 12.9. The first kappa shape index (κ1) is 25.3. The summed E-state index contributed by atoms with van der Waals surface area (Å²) in [6, 6.07) is 12.2. The summed E-state index contributed by atoms with van der Waals surface area (Å²) < 4.78 is 29.4. The molecule has 3 aromatic rings. The van der Waals surface area contributed by atoms with Crippen molar-refractivity contribution < 1.29 is 18.1 Å². The third-order valence-electron chi connectivity index (χ3n) is 5.76. The summed E-state index contributed by atoms with van der Waals surface area (Å²) in [6.45, 7) is 0.770. The second-order valence-electron chi connectivity index (χ2n) is 8.03. The molecule has 13 heteroatoms. The normalized spacial score (nSPS) is 15.1. The Bertz CT molecular complexity index is 1350. The number of nitrogens with one attached hydrogen (secondary N) is 1. The van der Waals surface area contributed by atoms with Gasteiger partial charge in [0, 0.05) is 42.4 Å². The first-order valence-corrected chi connectivity index (χ1v) is 13.3. The van der Waals surface area contributed by atoms with Crippen LogP contribution in [0.4, 0.5) is 11.5 Å². The number of benzene rings is 2. The fourth-order valence-electron chi connectivity index (χ4n) is 3.83. The summed E-state index contributed by atoms with van der Waals surface area (Å²) in [6.07, 6.45) is 2.43. The molecule has 1 saturated heterocycles. The molecule has 1 aliphatic heterocycles. The highest BCUT2D eigenvalue weighted by atomic mass is 79.9. The number of carbonyl (C=O) groups is 1. The Labute approximate surface area is 215 Å². The third-order valence-corrected chi connectivity index (χ3v) is 8.62. The summed E-state index contributed by atoms with van der Waals surface area (Å²) in [5.41, 5.74) is 0.712. The van der Waals surface area contributed by atoms with E-state index in [-0.39, 0.29) is 35.5 Å². The number of nitro groups is 1. The van der Waals surface area contributed by atoms with E-state index in [9.17, 15) is 23.3 Å². The van der Waals surface area contributed by atoms with E-state index in [0.29, 0.717) is 34.7 Å². The molecular weight excluding hydrogens is 562 g/mol. The highest BCUT2D eigenvalue weighted by Gasteiger charge is 2.32. The molecule has 10 nitrogen and oxygen atoms in total. The third kappa shape index (κ3) is 5.72. The van der Waals surface area contributed by atoms with Crippen molar-refractivity contribution >= 4 is 55.0 Å². The van der Waals surface area contributed by atoms with Gasteiger partial charge in [0.25, 0.3) is 5.69 Å².